The molecule has 1 aliphatic heterocycles. The number of rotatable bonds is 10. The summed E-state index contributed by atoms with van der Waals surface area (Å²) in [7, 11) is -1.24. The average molecular weight is 429 g/mol. The number of piperazine rings is 1. The first kappa shape index (κ1) is 23.6. The molecule has 9 nitrogen and oxygen atoms in total. The fraction of sp³-hybridized carbons (Fsp3) is 0.789. The molecule has 0 aromatic carbocycles. The van der Waals surface area contributed by atoms with E-state index in [1.165, 1.54) is 10.6 Å². The molecule has 0 amide bonds. The average Bonchev–Trinajstić information content (AvgIpc) is 3.19. The van der Waals surface area contributed by atoms with Gasteiger partial charge in [0.05, 0.1) is 5.69 Å². The third kappa shape index (κ3) is 7.60. The smallest absolute Gasteiger partial charge is 0.220 e. The first-order valence-electron chi connectivity index (χ1n) is 10.4. The van der Waals surface area contributed by atoms with Gasteiger partial charge in [0.1, 0.15) is 12.0 Å². The van der Waals surface area contributed by atoms with Gasteiger partial charge in [-0.1, -0.05) is 5.16 Å². The van der Waals surface area contributed by atoms with Crippen LogP contribution >= 0.6 is 0 Å². The van der Waals surface area contributed by atoms with Crippen molar-refractivity contribution in [3.05, 3.63) is 18.0 Å². The molecule has 0 unspecified atom stereocenters. The summed E-state index contributed by atoms with van der Waals surface area (Å²) in [4.78, 5) is 9.24. The lowest BCUT2D eigenvalue weighted by Crippen LogP contribution is -2.53. The summed E-state index contributed by atoms with van der Waals surface area (Å²) in [5.74, 6) is 0.751. The Kier molecular flexibility index (Phi) is 9.38. The first-order valence-corrected chi connectivity index (χ1v) is 12.0. The van der Waals surface area contributed by atoms with E-state index < -0.39 is 10.0 Å². The van der Waals surface area contributed by atoms with Crippen molar-refractivity contribution in [1.29, 1.82) is 0 Å². The number of aromatic nitrogens is 1. The minimum Gasteiger partial charge on any atom is -0.364 e. The van der Waals surface area contributed by atoms with E-state index in [1.807, 2.05) is 6.92 Å². The van der Waals surface area contributed by atoms with Gasteiger partial charge in [-0.05, 0) is 47.2 Å². The molecule has 2 heterocycles. The third-order valence-corrected chi connectivity index (χ3v) is 6.96. The predicted octanol–water partition coefficient (Wildman–Crippen LogP) is 1.21. The molecule has 0 bridgehead atoms. The highest BCUT2D eigenvalue weighted by molar-refractivity contribution is 7.88. The summed E-state index contributed by atoms with van der Waals surface area (Å²) in [6.45, 7) is 11.2. The maximum absolute atomic E-state index is 12.6. The standard InChI is InChI=1S/C19H36N6O3S/c1-5-20-19(21-9-6-7-10-23(4)17(2)3)24-11-13-25(14-12-24)29(26,27)16-18-8-15-28-22-18/h8,15,17H,5-7,9-14,16H2,1-4H3,(H,20,21). The Morgan fingerprint density at radius 1 is 1.31 bits per heavy atom. The lowest BCUT2D eigenvalue weighted by atomic mass is 10.2. The zero-order chi connectivity index (χ0) is 21.3. The van der Waals surface area contributed by atoms with E-state index in [-0.39, 0.29) is 5.75 Å². The van der Waals surface area contributed by atoms with E-state index in [0.29, 0.717) is 37.9 Å². The molecule has 0 atom stereocenters. The van der Waals surface area contributed by atoms with Crippen molar-refractivity contribution in [3.63, 3.8) is 0 Å². The zero-order valence-electron chi connectivity index (χ0n) is 18.2. The van der Waals surface area contributed by atoms with E-state index in [9.17, 15) is 8.42 Å². The SMILES string of the molecule is CCNC(=NCCCCN(C)C(C)C)N1CCN(S(=O)(=O)Cc2ccon2)CC1. The number of hydrogen-bond donors (Lipinski definition) is 1. The molecule has 10 heteroatoms. The van der Waals surface area contributed by atoms with Crippen molar-refractivity contribution in [2.24, 2.45) is 4.99 Å². The quantitative estimate of drug-likeness (QED) is 0.340. The van der Waals surface area contributed by atoms with Gasteiger partial charge in [0.15, 0.2) is 5.96 Å². The minimum atomic E-state index is -3.39. The minimum absolute atomic E-state index is 0.123. The van der Waals surface area contributed by atoms with E-state index in [2.05, 4.69) is 41.2 Å². The fourth-order valence-electron chi connectivity index (χ4n) is 3.11. The summed E-state index contributed by atoms with van der Waals surface area (Å²) < 4.78 is 31.4. The highest BCUT2D eigenvalue weighted by atomic mass is 32.2. The van der Waals surface area contributed by atoms with Crippen molar-refractivity contribution in [1.82, 2.24) is 24.6 Å². The van der Waals surface area contributed by atoms with Gasteiger partial charge in [0.2, 0.25) is 10.0 Å². The van der Waals surface area contributed by atoms with Crippen molar-refractivity contribution >= 4 is 16.0 Å². The van der Waals surface area contributed by atoms with E-state index in [4.69, 9.17) is 9.52 Å². The summed E-state index contributed by atoms with van der Waals surface area (Å²) in [6.07, 6.45) is 3.55. The van der Waals surface area contributed by atoms with Crippen LogP contribution in [0.1, 0.15) is 39.3 Å². The van der Waals surface area contributed by atoms with Crippen LogP contribution in [0.2, 0.25) is 0 Å². The topological polar surface area (TPSA) is 94.3 Å². The molecule has 1 aromatic rings. The van der Waals surface area contributed by atoms with E-state index in [0.717, 1.165) is 38.4 Å². The molecule has 0 radical (unpaired) electrons. The summed E-state index contributed by atoms with van der Waals surface area (Å²) in [5, 5.41) is 7.04. The predicted molar refractivity (Wildman–Crippen MR) is 115 cm³/mol. The fourth-order valence-corrected chi connectivity index (χ4v) is 4.54. The summed E-state index contributed by atoms with van der Waals surface area (Å²) in [6, 6.07) is 2.15. The van der Waals surface area contributed by atoms with Gasteiger partial charge < -0.3 is 19.6 Å². The number of nitrogens with zero attached hydrogens (tertiary/aromatic N) is 5. The van der Waals surface area contributed by atoms with Gasteiger partial charge in [0, 0.05) is 51.4 Å². The van der Waals surface area contributed by atoms with Gasteiger partial charge >= 0.3 is 0 Å². The van der Waals surface area contributed by atoms with Gasteiger partial charge in [-0.15, -0.1) is 0 Å². The van der Waals surface area contributed by atoms with Crippen LogP contribution in [0.25, 0.3) is 0 Å². The van der Waals surface area contributed by atoms with Gasteiger partial charge in [-0.25, -0.2) is 8.42 Å². The molecule has 2 rings (SSSR count). The molecular formula is C19H36N6O3S. The maximum Gasteiger partial charge on any atom is 0.220 e. The number of aliphatic imine (C=N–C) groups is 1. The Morgan fingerprint density at radius 2 is 2.03 bits per heavy atom. The second-order valence-corrected chi connectivity index (χ2v) is 9.62. The van der Waals surface area contributed by atoms with Crippen molar-refractivity contribution < 1.29 is 12.9 Å². The van der Waals surface area contributed by atoms with Gasteiger partial charge in [-0.3, -0.25) is 4.99 Å². The van der Waals surface area contributed by atoms with Crippen LogP contribution in [0.15, 0.2) is 21.8 Å². The first-order chi connectivity index (χ1) is 13.8. The van der Waals surface area contributed by atoms with Gasteiger partial charge in [-0.2, -0.15) is 4.31 Å². The van der Waals surface area contributed by atoms with Crippen LogP contribution in [0.3, 0.4) is 0 Å². The highest BCUT2D eigenvalue weighted by Gasteiger charge is 2.28. The summed E-state index contributed by atoms with van der Waals surface area (Å²) in [5.41, 5.74) is 0.436. The molecule has 1 aromatic heterocycles. The third-order valence-electron chi connectivity index (χ3n) is 5.15. The number of sulfonamides is 1. The van der Waals surface area contributed by atoms with Crippen LogP contribution < -0.4 is 5.32 Å². The van der Waals surface area contributed by atoms with Gasteiger partial charge in [0.25, 0.3) is 0 Å². The molecule has 1 N–H and O–H groups in total. The Bertz CT molecular complexity index is 712. The summed E-state index contributed by atoms with van der Waals surface area (Å²) >= 11 is 0. The van der Waals surface area contributed by atoms with E-state index >= 15 is 0 Å². The lowest BCUT2D eigenvalue weighted by Gasteiger charge is -2.35. The van der Waals surface area contributed by atoms with Crippen molar-refractivity contribution in [2.75, 3.05) is 52.9 Å². The molecular weight excluding hydrogens is 392 g/mol. The number of unbranched alkanes of at least 4 members (excludes halogenated alkanes) is 1. The second-order valence-electron chi connectivity index (χ2n) is 7.65. The molecule has 1 aliphatic rings. The van der Waals surface area contributed by atoms with E-state index in [1.54, 1.807) is 6.07 Å². The highest BCUT2D eigenvalue weighted by Crippen LogP contribution is 2.13. The van der Waals surface area contributed by atoms with Crippen LogP contribution in [-0.4, -0.2) is 92.5 Å². The van der Waals surface area contributed by atoms with Crippen LogP contribution in [0, 0.1) is 0 Å². The number of nitrogens with one attached hydrogen (secondary N) is 1. The Morgan fingerprint density at radius 3 is 2.62 bits per heavy atom. The van der Waals surface area contributed by atoms with Crippen LogP contribution in [0.5, 0.6) is 0 Å². The monoisotopic (exact) mass is 428 g/mol. The van der Waals surface area contributed by atoms with Crippen molar-refractivity contribution in [2.45, 2.75) is 45.4 Å². The zero-order valence-corrected chi connectivity index (χ0v) is 19.0. The lowest BCUT2D eigenvalue weighted by molar-refractivity contribution is 0.259. The molecule has 1 fully saturated rings. The second kappa shape index (κ2) is 11.5. The molecule has 0 spiro atoms. The molecule has 1 saturated heterocycles. The number of guanidine groups is 1. The van der Waals surface area contributed by atoms with Crippen molar-refractivity contribution in [3.8, 4) is 0 Å². The Labute approximate surface area is 175 Å². The molecule has 166 valence electrons. The number of hydrogen-bond acceptors (Lipinski definition) is 6. The molecule has 29 heavy (non-hydrogen) atoms. The van der Waals surface area contributed by atoms with Crippen LogP contribution in [-0.2, 0) is 15.8 Å². The molecule has 0 aliphatic carbocycles. The Hall–Kier alpha value is -1.65. The maximum atomic E-state index is 12.6. The molecule has 0 saturated carbocycles. The van der Waals surface area contributed by atoms with Crippen LogP contribution in [0.4, 0.5) is 0 Å². The Balaban J connectivity index is 1.82. The normalized spacial score (nSPS) is 16.8. The largest absolute Gasteiger partial charge is 0.364 e.